The normalized spacial score (nSPS) is 22.2. The van der Waals surface area contributed by atoms with Gasteiger partial charge in [-0.05, 0) is 48.9 Å². The number of likely N-dealkylation sites (N-methyl/N-ethyl adjacent to an activating group) is 1. The molecular weight excluding hydrogens is 356 g/mol. The molecule has 4 aromatic rings. The van der Waals surface area contributed by atoms with Crippen molar-refractivity contribution in [3.05, 3.63) is 84.4 Å². The van der Waals surface area contributed by atoms with Crippen LogP contribution in [0, 0.1) is 0 Å². The number of aromatic nitrogens is 1. The van der Waals surface area contributed by atoms with Gasteiger partial charge >= 0.3 is 0 Å². The molecule has 2 unspecified atom stereocenters. The maximum absolute atomic E-state index is 5.75. The monoisotopic (exact) mass is 380 g/mol. The van der Waals surface area contributed by atoms with Gasteiger partial charge in [0.2, 0.25) is 0 Å². The van der Waals surface area contributed by atoms with Gasteiger partial charge in [-0.2, -0.15) is 0 Å². The summed E-state index contributed by atoms with van der Waals surface area (Å²) < 4.78 is 8.13. The van der Waals surface area contributed by atoms with E-state index < -0.39 is 0 Å². The highest BCUT2D eigenvalue weighted by molar-refractivity contribution is 6.09. The molecule has 2 aliphatic heterocycles. The number of para-hydroxylation sites is 2. The van der Waals surface area contributed by atoms with E-state index in [1.807, 2.05) is 0 Å². The molecule has 0 amide bonds. The maximum Gasteiger partial charge on any atom is 0.0658 e. The van der Waals surface area contributed by atoms with Crippen LogP contribution in [0.3, 0.4) is 0 Å². The van der Waals surface area contributed by atoms with Crippen molar-refractivity contribution in [3.8, 4) is 5.69 Å². The molecule has 3 heteroatoms. The molecule has 2 bridgehead atoms. The Morgan fingerprint density at radius 2 is 1.45 bits per heavy atom. The quantitative estimate of drug-likeness (QED) is 0.471. The van der Waals surface area contributed by atoms with Crippen molar-refractivity contribution in [2.75, 3.05) is 20.3 Å². The summed E-state index contributed by atoms with van der Waals surface area (Å²) in [4.78, 5) is 2.46. The Morgan fingerprint density at radius 3 is 2.10 bits per heavy atom. The smallest absolute Gasteiger partial charge is 0.0658 e. The molecule has 0 N–H and O–H groups in total. The highest BCUT2D eigenvalue weighted by Crippen LogP contribution is 2.34. The molecular formula is C26H24N2O. The Kier molecular flexibility index (Phi) is 3.86. The summed E-state index contributed by atoms with van der Waals surface area (Å²) in [5.41, 5.74) is 6.51. The summed E-state index contributed by atoms with van der Waals surface area (Å²) in [6.45, 7) is 1.64. The molecule has 3 nitrogen and oxygen atoms in total. The van der Waals surface area contributed by atoms with Crippen molar-refractivity contribution in [1.82, 2.24) is 9.47 Å². The fourth-order valence-corrected chi connectivity index (χ4v) is 4.99. The molecule has 0 radical (unpaired) electrons. The summed E-state index contributed by atoms with van der Waals surface area (Å²) in [7, 11) is 2.22. The van der Waals surface area contributed by atoms with Crippen LogP contribution in [-0.2, 0) is 4.74 Å². The Bertz CT molecular complexity index is 1180. The van der Waals surface area contributed by atoms with E-state index in [-0.39, 0.29) is 0 Å². The molecule has 1 saturated heterocycles. The lowest BCUT2D eigenvalue weighted by molar-refractivity contribution is -0.0221. The van der Waals surface area contributed by atoms with Crippen LogP contribution in [0.4, 0.5) is 0 Å². The van der Waals surface area contributed by atoms with Gasteiger partial charge in [-0.3, -0.25) is 4.90 Å². The summed E-state index contributed by atoms with van der Waals surface area (Å²) in [5, 5.41) is 2.61. The van der Waals surface area contributed by atoms with Crippen LogP contribution in [-0.4, -0.2) is 41.8 Å². The first-order valence-electron chi connectivity index (χ1n) is 10.4. The van der Waals surface area contributed by atoms with E-state index in [1.165, 1.54) is 38.6 Å². The number of ether oxygens (including phenoxy) is 1. The molecule has 0 saturated carbocycles. The summed E-state index contributed by atoms with van der Waals surface area (Å²) in [6, 6.07) is 27.3. The second kappa shape index (κ2) is 6.58. The van der Waals surface area contributed by atoms with E-state index in [1.54, 1.807) is 0 Å². The third-order valence-electron chi connectivity index (χ3n) is 6.62. The van der Waals surface area contributed by atoms with Crippen molar-refractivity contribution in [2.24, 2.45) is 0 Å². The first kappa shape index (κ1) is 17.0. The number of benzene rings is 3. The van der Waals surface area contributed by atoms with Crippen molar-refractivity contribution in [1.29, 1.82) is 0 Å². The Morgan fingerprint density at radius 1 is 0.793 bits per heavy atom. The zero-order valence-electron chi connectivity index (χ0n) is 16.6. The lowest BCUT2D eigenvalue weighted by Crippen LogP contribution is -2.51. The molecule has 1 aromatic heterocycles. The fourth-order valence-electron chi connectivity index (χ4n) is 4.99. The van der Waals surface area contributed by atoms with E-state index in [0.29, 0.717) is 12.1 Å². The highest BCUT2D eigenvalue weighted by atomic mass is 16.5. The average molecular weight is 380 g/mol. The third-order valence-corrected chi connectivity index (χ3v) is 6.62. The molecule has 0 aliphatic carbocycles. The number of rotatable bonds is 2. The van der Waals surface area contributed by atoms with Crippen molar-refractivity contribution in [2.45, 2.75) is 18.5 Å². The third kappa shape index (κ3) is 2.65. The minimum Gasteiger partial charge on any atom is -0.378 e. The molecule has 3 heterocycles. The number of nitrogens with zero attached hydrogens (tertiary/aromatic N) is 2. The first-order valence-corrected chi connectivity index (χ1v) is 10.4. The molecule has 144 valence electrons. The van der Waals surface area contributed by atoms with Crippen molar-refractivity contribution < 1.29 is 4.74 Å². The molecule has 3 aromatic carbocycles. The second-order valence-corrected chi connectivity index (χ2v) is 8.24. The molecule has 29 heavy (non-hydrogen) atoms. The Balaban J connectivity index is 1.44. The van der Waals surface area contributed by atoms with E-state index in [4.69, 9.17) is 4.74 Å². The lowest BCUT2D eigenvalue weighted by atomic mass is 9.90. The predicted octanol–water partition coefficient (Wildman–Crippen LogP) is 5.27. The van der Waals surface area contributed by atoms with E-state index in [0.717, 1.165) is 19.6 Å². The summed E-state index contributed by atoms with van der Waals surface area (Å²) >= 11 is 0. The molecule has 2 aliphatic rings. The predicted molar refractivity (Wildman–Crippen MR) is 120 cm³/mol. The number of morpholine rings is 1. The van der Waals surface area contributed by atoms with Crippen LogP contribution in [0.2, 0.25) is 0 Å². The van der Waals surface area contributed by atoms with Crippen LogP contribution >= 0.6 is 0 Å². The van der Waals surface area contributed by atoms with Gasteiger partial charge < -0.3 is 9.30 Å². The van der Waals surface area contributed by atoms with E-state index >= 15 is 0 Å². The van der Waals surface area contributed by atoms with Crippen LogP contribution in [0.1, 0.15) is 12.0 Å². The zero-order chi connectivity index (χ0) is 19.4. The standard InChI is InChI=1S/C26H24N2O/c1-27-21-14-19(15-22(27)17-29-16-21)18-10-12-20(13-11-18)28-25-8-4-2-6-23(25)24-7-3-5-9-26(24)28/h2-14,21-22H,15-17H2,1H3. The fraction of sp³-hybridized carbons (Fsp3) is 0.231. The van der Waals surface area contributed by atoms with E-state index in [9.17, 15) is 0 Å². The van der Waals surface area contributed by atoms with E-state index in [2.05, 4.69) is 95.4 Å². The van der Waals surface area contributed by atoms with Gasteiger partial charge in [0.05, 0.1) is 30.3 Å². The molecule has 0 spiro atoms. The van der Waals surface area contributed by atoms with Gasteiger partial charge in [0.1, 0.15) is 0 Å². The summed E-state index contributed by atoms with van der Waals surface area (Å²) in [5.74, 6) is 0. The van der Waals surface area contributed by atoms with Gasteiger partial charge in [-0.25, -0.2) is 0 Å². The average Bonchev–Trinajstić information content (AvgIpc) is 3.08. The molecule has 1 fully saturated rings. The van der Waals surface area contributed by atoms with Gasteiger partial charge in [0.25, 0.3) is 0 Å². The van der Waals surface area contributed by atoms with Gasteiger partial charge in [0, 0.05) is 22.5 Å². The van der Waals surface area contributed by atoms with Crippen LogP contribution < -0.4 is 0 Å². The first-order chi connectivity index (χ1) is 14.3. The second-order valence-electron chi connectivity index (χ2n) is 8.24. The molecule has 6 rings (SSSR count). The Labute approximate surface area is 170 Å². The van der Waals surface area contributed by atoms with Gasteiger partial charge in [-0.15, -0.1) is 0 Å². The largest absolute Gasteiger partial charge is 0.378 e. The van der Waals surface area contributed by atoms with Gasteiger partial charge in [-0.1, -0.05) is 54.6 Å². The highest BCUT2D eigenvalue weighted by Gasteiger charge is 2.32. The maximum atomic E-state index is 5.75. The topological polar surface area (TPSA) is 17.4 Å². The summed E-state index contributed by atoms with van der Waals surface area (Å²) in [6.07, 6.45) is 3.45. The minimum atomic E-state index is 0.398. The minimum absolute atomic E-state index is 0.398. The van der Waals surface area contributed by atoms with Crippen LogP contribution in [0.5, 0.6) is 0 Å². The van der Waals surface area contributed by atoms with Crippen LogP contribution in [0.15, 0.2) is 78.9 Å². The number of hydrogen-bond donors (Lipinski definition) is 0. The molecule has 2 atom stereocenters. The number of hydrogen-bond acceptors (Lipinski definition) is 2. The SMILES string of the molecule is CN1C2C=C(c3ccc(-n4c5ccccc5c5ccccc54)cc3)CC1COC2. The van der Waals surface area contributed by atoms with Crippen molar-refractivity contribution >= 4 is 27.4 Å². The number of fused-ring (bicyclic) bond motifs is 5. The lowest BCUT2D eigenvalue weighted by Gasteiger charge is -2.42. The van der Waals surface area contributed by atoms with Crippen molar-refractivity contribution in [3.63, 3.8) is 0 Å². The Hall–Kier alpha value is -2.88. The zero-order valence-corrected chi connectivity index (χ0v) is 16.6. The van der Waals surface area contributed by atoms with Gasteiger partial charge in [0.15, 0.2) is 0 Å². The van der Waals surface area contributed by atoms with Crippen LogP contribution in [0.25, 0.3) is 33.1 Å².